The third-order valence-electron chi connectivity index (χ3n) is 7.21. The van der Waals surface area contributed by atoms with Gasteiger partial charge in [0.1, 0.15) is 0 Å². The summed E-state index contributed by atoms with van der Waals surface area (Å²) in [5, 5.41) is 0. The maximum atomic E-state index is 2.43. The van der Waals surface area contributed by atoms with Gasteiger partial charge in [-0.2, -0.15) is 0 Å². The van der Waals surface area contributed by atoms with Crippen LogP contribution >= 0.6 is 0 Å². The van der Waals surface area contributed by atoms with Gasteiger partial charge in [0.2, 0.25) is 0 Å². The summed E-state index contributed by atoms with van der Waals surface area (Å²) in [7, 11) is 0. The Bertz CT molecular complexity index is 1120. The van der Waals surface area contributed by atoms with E-state index in [4.69, 9.17) is 0 Å². The Morgan fingerprint density at radius 1 is 0.500 bits per heavy atom. The van der Waals surface area contributed by atoms with E-state index in [0.717, 1.165) is 0 Å². The van der Waals surface area contributed by atoms with Gasteiger partial charge in [0.05, 0.1) is 0 Å². The van der Waals surface area contributed by atoms with Crippen molar-refractivity contribution >= 4 is 40.5 Å². The van der Waals surface area contributed by atoms with Crippen LogP contribution in [0.3, 0.4) is 0 Å². The Hall–Kier alpha value is -0.998. The third kappa shape index (κ3) is 8.03. The van der Waals surface area contributed by atoms with Crippen molar-refractivity contribution in [2.75, 3.05) is 0 Å². The summed E-state index contributed by atoms with van der Waals surface area (Å²) in [5.74, 6) is 0. The van der Waals surface area contributed by atoms with E-state index < -0.39 is 14.3 Å². The van der Waals surface area contributed by atoms with Gasteiger partial charge in [-0.15, -0.1) is 0 Å². The van der Waals surface area contributed by atoms with E-state index in [-0.39, 0.29) is 0 Å². The van der Waals surface area contributed by atoms with Crippen LogP contribution in [0.1, 0.15) is 95.7 Å². The molecule has 0 unspecified atom stereocenters. The second-order valence-electron chi connectivity index (χ2n) is 14.4. The molecule has 0 spiro atoms. The minimum absolute atomic E-state index is 0.552. The van der Waals surface area contributed by atoms with Crippen LogP contribution in [-0.4, -0.2) is 36.9 Å². The molecule has 3 aromatic rings. The molecule has 0 bridgehead atoms. The normalized spacial score (nSPS) is 12.4. The Labute approximate surface area is 253 Å². The van der Waals surface area contributed by atoms with E-state index in [9.17, 15) is 0 Å². The molecular weight excluding hydrogens is 624 g/mol. The summed E-state index contributed by atoms with van der Waals surface area (Å²) in [6, 6.07) is 16.0. The minimum atomic E-state index is -1.10. The van der Waals surface area contributed by atoms with E-state index in [2.05, 4.69) is 146 Å². The van der Waals surface area contributed by atoms with Gasteiger partial charge in [-0.05, 0) is 0 Å². The molecular formula is C36H52GeSn. The predicted molar refractivity (Wildman–Crippen MR) is 176 cm³/mol. The van der Waals surface area contributed by atoms with Gasteiger partial charge >= 0.3 is 255 Å². The first-order valence-corrected chi connectivity index (χ1v) is 18.6. The van der Waals surface area contributed by atoms with E-state index >= 15 is 0 Å². The third-order valence-corrected chi connectivity index (χ3v) is 18.2. The van der Waals surface area contributed by atoms with Crippen molar-refractivity contribution in [1.29, 1.82) is 0 Å². The number of hydrogen-bond donors (Lipinski definition) is 0. The van der Waals surface area contributed by atoms with Crippen LogP contribution in [0.15, 0.2) is 42.5 Å². The Morgan fingerprint density at radius 2 is 0.763 bits per heavy atom. The molecule has 4 radical (unpaired) electrons. The molecule has 3 aromatic carbocycles. The van der Waals surface area contributed by atoms with Crippen LogP contribution < -0.4 is 3.58 Å². The second kappa shape index (κ2) is 12.3. The molecule has 0 saturated carbocycles. The summed E-state index contributed by atoms with van der Waals surface area (Å²) in [4.78, 5) is 0. The van der Waals surface area contributed by atoms with Gasteiger partial charge in [0.25, 0.3) is 0 Å². The average molecular weight is 676 g/mol. The summed E-state index contributed by atoms with van der Waals surface area (Å²) < 4.78 is 3.11. The van der Waals surface area contributed by atoms with Crippen LogP contribution in [0, 0.1) is 41.5 Å². The first kappa shape index (κ1) is 33.2. The molecule has 204 valence electrons. The molecule has 0 nitrogen and oxygen atoms in total. The van der Waals surface area contributed by atoms with E-state index in [1.807, 2.05) is 0 Å². The van der Waals surface area contributed by atoms with Gasteiger partial charge in [-0.25, -0.2) is 0 Å². The van der Waals surface area contributed by atoms with E-state index in [1.54, 1.807) is 0 Å². The fourth-order valence-electron chi connectivity index (χ4n) is 7.55. The van der Waals surface area contributed by atoms with Gasteiger partial charge < -0.3 is 0 Å². The number of rotatable bonds is 2. The van der Waals surface area contributed by atoms with Gasteiger partial charge in [-0.3, -0.25) is 0 Å². The van der Waals surface area contributed by atoms with Crippen molar-refractivity contribution in [1.82, 2.24) is 0 Å². The van der Waals surface area contributed by atoms with Gasteiger partial charge in [0.15, 0.2) is 0 Å². The zero-order chi connectivity index (χ0) is 29.4. The molecule has 0 aromatic heterocycles. The molecule has 0 saturated heterocycles. The van der Waals surface area contributed by atoms with Crippen molar-refractivity contribution in [2.45, 2.75) is 117 Å². The topological polar surface area (TPSA) is 0 Å². The number of hydrogen-bond acceptors (Lipinski definition) is 0. The van der Waals surface area contributed by atoms with Crippen molar-refractivity contribution < 1.29 is 0 Å². The van der Waals surface area contributed by atoms with E-state index in [0.29, 0.717) is 12.7 Å². The molecule has 0 atom stereocenters. The first-order valence-electron chi connectivity index (χ1n) is 14.1. The Morgan fingerprint density at radius 3 is 0.974 bits per heavy atom. The van der Waals surface area contributed by atoms with E-state index in [1.165, 1.54) is 81.7 Å². The van der Waals surface area contributed by atoms with Crippen LogP contribution in [-0.2, 0) is 0 Å². The average Bonchev–Trinajstić information content (AvgIpc) is 2.65. The van der Waals surface area contributed by atoms with Crippen LogP contribution in [0.5, 0.6) is 0 Å². The van der Waals surface area contributed by atoms with Gasteiger partial charge in [-0.1, -0.05) is 0 Å². The molecule has 0 aliphatic rings. The number of benzene rings is 3. The van der Waals surface area contributed by atoms with Crippen LogP contribution in [0.25, 0.3) is 22.3 Å². The maximum absolute atomic E-state index is 2.43. The Kier molecular flexibility index (Phi) is 10.7. The van der Waals surface area contributed by atoms with Crippen LogP contribution in [0.4, 0.5) is 0 Å². The fourth-order valence-corrected chi connectivity index (χ4v) is 22.9. The predicted octanol–water partition coefficient (Wildman–Crippen LogP) is 10.5. The van der Waals surface area contributed by atoms with Crippen LogP contribution in [0.2, 0.25) is 12.7 Å². The zero-order valence-corrected chi connectivity index (χ0v) is 32.0. The first-order chi connectivity index (χ1) is 17.2. The monoisotopic (exact) mass is 678 g/mol. The second-order valence-corrected chi connectivity index (χ2v) is 26.8. The van der Waals surface area contributed by atoms with Crippen molar-refractivity contribution in [3.8, 4) is 22.3 Å². The summed E-state index contributed by atoms with van der Waals surface area (Å²) in [6.45, 7) is 35.2. The molecule has 0 aliphatic carbocycles. The molecule has 3 rings (SSSR count). The number of aryl methyl sites for hydroxylation is 6. The molecule has 0 amide bonds. The SMILES string of the molecule is C[C](C)(C)[Ge]([C](C)(C)C)[C](C)(C)C.Cc1cc(C)c(-c2cccc(-c3c(C)cc(C)cc3C)[c]2[Sn])c(C)c1. The van der Waals surface area contributed by atoms with Crippen molar-refractivity contribution in [2.24, 2.45) is 0 Å². The van der Waals surface area contributed by atoms with Gasteiger partial charge in [0, 0.05) is 0 Å². The summed E-state index contributed by atoms with van der Waals surface area (Å²) in [5.41, 5.74) is 13.8. The molecule has 2 heteroatoms. The molecule has 0 N–H and O–H groups in total. The van der Waals surface area contributed by atoms with Crippen molar-refractivity contribution in [3.05, 3.63) is 75.8 Å². The molecule has 0 fully saturated rings. The van der Waals surface area contributed by atoms with Crippen molar-refractivity contribution in [3.63, 3.8) is 0 Å². The molecule has 38 heavy (non-hydrogen) atoms. The fraction of sp³-hybridized carbons (Fsp3) is 0.500. The molecule has 0 aliphatic heterocycles. The standard InChI is InChI=1S/C24H25.C12H27Ge.Sn/c1-15-10-17(3)23(18(4)11-15)21-8-7-9-22(14-21)24-19(5)12-16(2)13-20(24)6;1-10(2,3)13(11(4,5)6)12(7,8)9;/h7-13H,1-6H3;1-9H3;. The quantitative estimate of drug-likeness (QED) is 0.237. The summed E-state index contributed by atoms with van der Waals surface area (Å²) >= 11 is 0.364. The molecule has 0 heterocycles. The Balaban J connectivity index is 0.000000332. The zero-order valence-electron chi connectivity index (χ0n) is 27.0. The summed E-state index contributed by atoms with van der Waals surface area (Å²) in [6.07, 6.45) is 0.